The molecule has 1 aromatic carbocycles. The van der Waals surface area contributed by atoms with Gasteiger partial charge in [-0.2, -0.15) is 13.2 Å². The fraction of sp³-hybridized carbons (Fsp3) is 0.364. The molecule has 4 nitrogen and oxygen atoms in total. The average molecular weight is 262 g/mol. The summed E-state index contributed by atoms with van der Waals surface area (Å²) in [4.78, 5) is 10.9. The van der Waals surface area contributed by atoms with Gasteiger partial charge in [-0.15, -0.1) is 0 Å². The standard InChI is InChI=1S/C11H13F3N2O2/c12-11(13,14)9-5-7(6-16-3-4-17)1-2-8(9)10(15)18/h1-2,5,16-17H,3-4,6H2,(H2,15,18). The quantitative estimate of drug-likeness (QED) is 0.690. The van der Waals surface area contributed by atoms with Crippen LogP contribution < -0.4 is 11.1 Å². The van der Waals surface area contributed by atoms with E-state index in [1.165, 1.54) is 6.07 Å². The number of primary amides is 1. The van der Waals surface area contributed by atoms with Crippen LogP contribution >= 0.6 is 0 Å². The Bertz CT molecular complexity index is 433. The molecule has 4 N–H and O–H groups in total. The van der Waals surface area contributed by atoms with E-state index in [9.17, 15) is 18.0 Å². The first kappa shape index (κ1) is 14.5. The topological polar surface area (TPSA) is 75.4 Å². The molecule has 0 bridgehead atoms. The Labute approximate surface area is 102 Å². The minimum absolute atomic E-state index is 0.106. The number of hydrogen-bond donors (Lipinski definition) is 3. The van der Waals surface area contributed by atoms with E-state index in [1.807, 2.05) is 0 Å². The third-order valence-electron chi connectivity index (χ3n) is 2.27. The second kappa shape index (κ2) is 5.83. The van der Waals surface area contributed by atoms with Crippen molar-refractivity contribution in [2.75, 3.05) is 13.2 Å². The van der Waals surface area contributed by atoms with Gasteiger partial charge >= 0.3 is 6.18 Å². The van der Waals surface area contributed by atoms with E-state index in [4.69, 9.17) is 10.8 Å². The summed E-state index contributed by atoms with van der Waals surface area (Å²) in [6, 6.07) is 3.32. The van der Waals surface area contributed by atoms with Gasteiger partial charge in [-0.1, -0.05) is 6.07 Å². The van der Waals surface area contributed by atoms with Crippen LogP contribution in [-0.2, 0) is 12.7 Å². The number of carbonyl (C=O) groups is 1. The Hall–Kier alpha value is -1.60. The summed E-state index contributed by atoms with van der Waals surface area (Å²) < 4.78 is 38.1. The number of nitrogens with one attached hydrogen (secondary N) is 1. The summed E-state index contributed by atoms with van der Waals surface area (Å²) in [6.07, 6.45) is -4.63. The number of aliphatic hydroxyl groups is 1. The average Bonchev–Trinajstić information content (AvgIpc) is 2.28. The molecule has 0 saturated carbocycles. The summed E-state index contributed by atoms with van der Waals surface area (Å²) in [5.74, 6) is -1.11. The predicted molar refractivity (Wildman–Crippen MR) is 58.8 cm³/mol. The molecule has 0 radical (unpaired) electrons. The minimum atomic E-state index is -4.63. The van der Waals surface area contributed by atoms with Gasteiger partial charge in [0.25, 0.3) is 0 Å². The van der Waals surface area contributed by atoms with Crippen molar-refractivity contribution < 1.29 is 23.1 Å². The van der Waals surface area contributed by atoms with Crippen molar-refractivity contribution >= 4 is 5.91 Å². The number of hydrogen-bond acceptors (Lipinski definition) is 3. The van der Waals surface area contributed by atoms with Crippen LogP contribution in [0.25, 0.3) is 0 Å². The lowest BCUT2D eigenvalue weighted by Gasteiger charge is -2.13. The molecule has 0 spiro atoms. The molecule has 1 aromatic rings. The smallest absolute Gasteiger partial charge is 0.395 e. The van der Waals surface area contributed by atoms with Crippen molar-refractivity contribution in [2.24, 2.45) is 5.73 Å². The number of rotatable bonds is 5. The highest BCUT2D eigenvalue weighted by Crippen LogP contribution is 2.32. The highest BCUT2D eigenvalue weighted by atomic mass is 19.4. The molecule has 0 aliphatic carbocycles. The maximum Gasteiger partial charge on any atom is 0.417 e. The molecule has 0 heterocycles. The summed E-state index contributed by atoms with van der Waals surface area (Å²) in [7, 11) is 0. The molecule has 0 unspecified atom stereocenters. The molecule has 7 heteroatoms. The zero-order chi connectivity index (χ0) is 13.8. The predicted octanol–water partition coefficient (Wildman–Crippen LogP) is 0.886. The normalized spacial score (nSPS) is 11.6. The summed E-state index contributed by atoms with van der Waals surface area (Å²) in [5.41, 5.74) is 3.67. The third kappa shape index (κ3) is 3.71. The third-order valence-corrected chi connectivity index (χ3v) is 2.27. The van der Waals surface area contributed by atoms with E-state index >= 15 is 0 Å². The van der Waals surface area contributed by atoms with Crippen LogP contribution in [0.5, 0.6) is 0 Å². The second-order valence-corrected chi connectivity index (χ2v) is 3.64. The number of benzene rings is 1. The molecule has 0 aromatic heterocycles. The maximum atomic E-state index is 12.7. The van der Waals surface area contributed by atoms with Crippen LogP contribution in [0, 0.1) is 0 Å². The first-order chi connectivity index (χ1) is 8.36. The lowest BCUT2D eigenvalue weighted by atomic mass is 10.0. The van der Waals surface area contributed by atoms with Crippen molar-refractivity contribution in [2.45, 2.75) is 12.7 Å². The SMILES string of the molecule is NC(=O)c1ccc(CNCCO)cc1C(F)(F)F. The van der Waals surface area contributed by atoms with Crippen molar-refractivity contribution in [1.82, 2.24) is 5.32 Å². The Kier molecular flexibility index (Phi) is 4.69. The van der Waals surface area contributed by atoms with Crippen LogP contribution in [0.3, 0.4) is 0 Å². The first-order valence-corrected chi connectivity index (χ1v) is 5.17. The monoisotopic (exact) mass is 262 g/mol. The minimum Gasteiger partial charge on any atom is -0.395 e. The fourth-order valence-electron chi connectivity index (χ4n) is 1.46. The van der Waals surface area contributed by atoms with Gasteiger partial charge < -0.3 is 16.2 Å². The summed E-state index contributed by atoms with van der Waals surface area (Å²) in [5, 5.41) is 11.3. The molecular formula is C11H13F3N2O2. The second-order valence-electron chi connectivity index (χ2n) is 3.64. The van der Waals surface area contributed by atoms with Gasteiger partial charge in [0.2, 0.25) is 5.91 Å². The van der Waals surface area contributed by atoms with Crippen LogP contribution in [0.2, 0.25) is 0 Å². The molecule has 100 valence electrons. The van der Waals surface area contributed by atoms with Crippen molar-refractivity contribution in [3.8, 4) is 0 Å². The number of amides is 1. The number of nitrogens with two attached hydrogens (primary N) is 1. The van der Waals surface area contributed by atoms with Gasteiger partial charge in [-0.05, 0) is 17.7 Å². The van der Waals surface area contributed by atoms with Crippen molar-refractivity contribution in [1.29, 1.82) is 0 Å². The highest BCUT2D eigenvalue weighted by Gasteiger charge is 2.34. The molecule has 0 fully saturated rings. The largest absolute Gasteiger partial charge is 0.417 e. The number of halogens is 3. The fourth-order valence-corrected chi connectivity index (χ4v) is 1.46. The molecule has 0 aliphatic heterocycles. The number of carbonyl (C=O) groups excluding carboxylic acids is 1. The van der Waals surface area contributed by atoms with E-state index in [2.05, 4.69) is 5.32 Å². The Balaban J connectivity index is 3.02. The maximum absolute atomic E-state index is 12.7. The van der Waals surface area contributed by atoms with E-state index in [-0.39, 0.29) is 19.7 Å². The summed E-state index contributed by atoms with van der Waals surface area (Å²) in [6.45, 7) is 0.340. The van der Waals surface area contributed by atoms with E-state index in [0.29, 0.717) is 5.56 Å². The molecule has 1 amide bonds. The number of aliphatic hydroxyl groups excluding tert-OH is 1. The van der Waals surface area contributed by atoms with Gasteiger partial charge in [0.05, 0.1) is 17.7 Å². The molecule has 0 atom stereocenters. The van der Waals surface area contributed by atoms with Crippen LogP contribution in [-0.4, -0.2) is 24.2 Å². The van der Waals surface area contributed by atoms with Gasteiger partial charge in [-0.25, -0.2) is 0 Å². The van der Waals surface area contributed by atoms with Crippen LogP contribution in [0.15, 0.2) is 18.2 Å². The van der Waals surface area contributed by atoms with Crippen molar-refractivity contribution in [3.63, 3.8) is 0 Å². The van der Waals surface area contributed by atoms with Gasteiger partial charge in [0.1, 0.15) is 0 Å². The van der Waals surface area contributed by atoms with Crippen LogP contribution in [0.1, 0.15) is 21.5 Å². The van der Waals surface area contributed by atoms with Crippen molar-refractivity contribution in [3.05, 3.63) is 34.9 Å². The van der Waals surface area contributed by atoms with Gasteiger partial charge in [-0.3, -0.25) is 4.79 Å². The van der Waals surface area contributed by atoms with Gasteiger partial charge in [0.15, 0.2) is 0 Å². The molecule has 18 heavy (non-hydrogen) atoms. The Morgan fingerprint density at radius 3 is 2.56 bits per heavy atom. The molecule has 0 saturated heterocycles. The highest BCUT2D eigenvalue weighted by molar-refractivity contribution is 5.94. The van der Waals surface area contributed by atoms with Crippen LogP contribution in [0.4, 0.5) is 13.2 Å². The van der Waals surface area contributed by atoms with Gasteiger partial charge in [0, 0.05) is 13.1 Å². The first-order valence-electron chi connectivity index (χ1n) is 5.17. The lowest BCUT2D eigenvalue weighted by Crippen LogP contribution is -2.21. The zero-order valence-electron chi connectivity index (χ0n) is 9.42. The summed E-state index contributed by atoms with van der Waals surface area (Å²) >= 11 is 0. The molecule has 1 rings (SSSR count). The number of alkyl halides is 3. The molecular weight excluding hydrogens is 249 g/mol. The Morgan fingerprint density at radius 1 is 1.39 bits per heavy atom. The zero-order valence-corrected chi connectivity index (χ0v) is 9.42. The van der Waals surface area contributed by atoms with E-state index in [1.54, 1.807) is 0 Å². The Morgan fingerprint density at radius 2 is 2.06 bits per heavy atom. The lowest BCUT2D eigenvalue weighted by molar-refractivity contribution is -0.138. The van der Waals surface area contributed by atoms with E-state index in [0.717, 1.165) is 12.1 Å². The van der Waals surface area contributed by atoms with E-state index < -0.39 is 23.2 Å². The molecule has 0 aliphatic rings.